The van der Waals surface area contributed by atoms with Crippen molar-refractivity contribution in [1.29, 1.82) is 0 Å². The lowest BCUT2D eigenvalue weighted by atomic mass is 10.0. The molecule has 0 aromatic heterocycles. The lowest BCUT2D eigenvalue weighted by molar-refractivity contribution is -0.137. The van der Waals surface area contributed by atoms with Crippen LogP contribution >= 0.6 is 0 Å². The topological polar surface area (TPSA) is 75.7 Å². The molecule has 8 heteroatoms. The van der Waals surface area contributed by atoms with E-state index in [1.54, 1.807) is 31.4 Å². The Morgan fingerprint density at radius 2 is 2.00 bits per heavy atom. The van der Waals surface area contributed by atoms with Gasteiger partial charge in [-0.1, -0.05) is 12.1 Å². The summed E-state index contributed by atoms with van der Waals surface area (Å²) in [5.74, 6) is -0.0343. The van der Waals surface area contributed by atoms with Gasteiger partial charge in [0.05, 0.1) is 19.4 Å². The number of hydrogen-bond acceptors (Lipinski definition) is 4. The SMILES string of the molecule is COc1ccc(CN2C[C@@H](NS(C)(=O)=O)[C@@](C)(F)C2=O)cc1. The van der Waals surface area contributed by atoms with Gasteiger partial charge in [-0.2, -0.15) is 0 Å². The van der Waals surface area contributed by atoms with Gasteiger partial charge < -0.3 is 9.64 Å². The Morgan fingerprint density at radius 1 is 1.41 bits per heavy atom. The maximum Gasteiger partial charge on any atom is 0.262 e. The van der Waals surface area contributed by atoms with E-state index in [0.29, 0.717) is 5.75 Å². The Bertz CT molecular complexity index is 658. The fourth-order valence-corrected chi connectivity index (χ4v) is 3.24. The van der Waals surface area contributed by atoms with Crippen molar-refractivity contribution in [3.05, 3.63) is 29.8 Å². The second-order valence-corrected chi connectivity index (χ2v) is 7.33. The van der Waals surface area contributed by atoms with Crippen LogP contribution in [-0.2, 0) is 21.4 Å². The number of alkyl halides is 1. The first-order valence-corrected chi connectivity index (χ1v) is 8.61. The van der Waals surface area contributed by atoms with Crippen molar-refractivity contribution in [3.8, 4) is 5.75 Å². The van der Waals surface area contributed by atoms with Gasteiger partial charge in [-0.15, -0.1) is 0 Å². The third kappa shape index (κ3) is 3.56. The zero-order valence-electron chi connectivity index (χ0n) is 12.7. The van der Waals surface area contributed by atoms with Gasteiger partial charge in [0.15, 0.2) is 0 Å². The van der Waals surface area contributed by atoms with E-state index in [4.69, 9.17) is 4.74 Å². The largest absolute Gasteiger partial charge is 0.497 e. The van der Waals surface area contributed by atoms with Gasteiger partial charge in [0, 0.05) is 13.1 Å². The number of sulfonamides is 1. The Hall–Kier alpha value is -1.67. The number of carbonyl (C=O) groups excluding carboxylic acids is 1. The minimum absolute atomic E-state index is 0.00900. The molecule has 2 rings (SSSR count). The molecule has 2 atom stereocenters. The van der Waals surface area contributed by atoms with Crippen molar-refractivity contribution in [3.63, 3.8) is 0 Å². The van der Waals surface area contributed by atoms with E-state index in [0.717, 1.165) is 18.7 Å². The molecule has 0 aliphatic carbocycles. The van der Waals surface area contributed by atoms with Gasteiger partial charge in [0.25, 0.3) is 5.91 Å². The summed E-state index contributed by atoms with van der Waals surface area (Å²) in [7, 11) is -2.04. The first-order valence-electron chi connectivity index (χ1n) is 6.72. The number of rotatable bonds is 5. The van der Waals surface area contributed by atoms with E-state index >= 15 is 0 Å². The summed E-state index contributed by atoms with van der Waals surface area (Å²) in [6, 6.07) is 5.96. The molecule has 1 aromatic carbocycles. The van der Waals surface area contributed by atoms with Crippen LogP contribution in [0.3, 0.4) is 0 Å². The summed E-state index contributed by atoms with van der Waals surface area (Å²) >= 11 is 0. The van der Waals surface area contributed by atoms with E-state index in [1.807, 2.05) is 0 Å². The van der Waals surface area contributed by atoms with Gasteiger partial charge in [-0.05, 0) is 24.6 Å². The minimum atomic E-state index is -3.59. The highest BCUT2D eigenvalue weighted by atomic mass is 32.2. The molecule has 1 aliphatic rings. The molecule has 0 saturated carbocycles. The van der Waals surface area contributed by atoms with Crippen molar-refractivity contribution in [2.45, 2.75) is 25.2 Å². The summed E-state index contributed by atoms with van der Waals surface area (Å²) in [6.45, 7) is 1.31. The molecule has 6 nitrogen and oxygen atoms in total. The highest BCUT2D eigenvalue weighted by Gasteiger charge is 2.52. The predicted octanol–water partition coefficient (Wildman–Crippen LogP) is 0.683. The van der Waals surface area contributed by atoms with Crippen LogP contribution in [-0.4, -0.2) is 50.8 Å². The number of benzene rings is 1. The zero-order chi connectivity index (χ0) is 16.5. The molecule has 1 fully saturated rings. The molecule has 122 valence electrons. The van der Waals surface area contributed by atoms with Crippen molar-refractivity contribution in [1.82, 2.24) is 9.62 Å². The van der Waals surface area contributed by atoms with Crippen molar-refractivity contribution in [2.24, 2.45) is 0 Å². The average molecular weight is 330 g/mol. The highest BCUT2D eigenvalue weighted by Crippen LogP contribution is 2.29. The van der Waals surface area contributed by atoms with Gasteiger partial charge >= 0.3 is 0 Å². The van der Waals surface area contributed by atoms with Gasteiger partial charge in [-0.3, -0.25) is 4.79 Å². The van der Waals surface area contributed by atoms with Crippen LogP contribution in [0.1, 0.15) is 12.5 Å². The second kappa shape index (κ2) is 5.85. The zero-order valence-corrected chi connectivity index (χ0v) is 13.5. The maximum absolute atomic E-state index is 14.5. The lowest BCUT2D eigenvalue weighted by Crippen LogP contribution is -2.48. The highest BCUT2D eigenvalue weighted by molar-refractivity contribution is 7.88. The molecule has 1 amide bonds. The van der Waals surface area contributed by atoms with Crippen LogP contribution in [0.2, 0.25) is 0 Å². The number of carbonyl (C=O) groups is 1. The first-order chi connectivity index (χ1) is 10.1. The predicted molar refractivity (Wildman–Crippen MR) is 79.7 cm³/mol. The van der Waals surface area contributed by atoms with E-state index in [2.05, 4.69) is 4.72 Å². The van der Waals surface area contributed by atoms with Crippen LogP contribution in [0.5, 0.6) is 5.75 Å². The number of halogens is 1. The van der Waals surface area contributed by atoms with Crippen molar-refractivity contribution < 1.29 is 22.3 Å². The fourth-order valence-electron chi connectivity index (χ4n) is 2.43. The summed E-state index contributed by atoms with van der Waals surface area (Å²) in [4.78, 5) is 13.5. The second-order valence-electron chi connectivity index (χ2n) is 5.55. The Kier molecular flexibility index (Phi) is 4.44. The molecule has 1 saturated heterocycles. The van der Waals surface area contributed by atoms with Gasteiger partial charge in [-0.25, -0.2) is 17.5 Å². The van der Waals surface area contributed by atoms with Crippen molar-refractivity contribution in [2.75, 3.05) is 19.9 Å². The Morgan fingerprint density at radius 3 is 2.50 bits per heavy atom. The van der Waals surface area contributed by atoms with Gasteiger partial charge in [0.2, 0.25) is 15.7 Å². The van der Waals surface area contributed by atoms with E-state index < -0.39 is 27.6 Å². The summed E-state index contributed by atoms with van der Waals surface area (Å²) in [5, 5.41) is 0. The standard InChI is InChI=1S/C14H19FN2O4S/c1-14(15)12(16-22(3,19)20)9-17(13(14)18)8-10-4-6-11(21-2)7-5-10/h4-7,12,16H,8-9H2,1-3H3/t12-,14-/m1/s1. The molecular formula is C14H19FN2O4S. The quantitative estimate of drug-likeness (QED) is 0.862. The first kappa shape index (κ1) is 16.7. The maximum atomic E-state index is 14.5. The normalized spacial score (nSPS) is 25.5. The number of likely N-dealkylation sites (tertiary alicyclic amines) is 1. The Labute approximate surface area is 129 Å². The number of ether oxygens (including phenoxy) is 1. The van der Waals surface area contributed by atoms with Crippen LogP contribution in [0.15, 0.2) is 24.3 Å². The fraction of sp³-hybridized carbons (Fsp3) is 0.500. The summed E-state index contributed by atoms with van der Waals surface area (Å²) in [6.07, 6.45) is 0.944. The summed E-state index contributed by atoms with van der Waals surface area (Å²) < 4.78 is 44.4. The molecule has 0 spiro atoms. The third-order valence-electron chi connectivity index (χ3n) is 3.65. The lowest BCUT2D eigenvalue weighted by Gasteiger charge is -2.19. The minimum Gasteiger partial charge on any atom is -0.497 e. The molecule has 1 heterocycles. The van der Waals surface area contributed by atoms with E-state index in [1.165, 1.54) is 4.90 Å². The number of methoxy groups -OCH3 is 1. The molecule has 1 aliphatic heterocycles. The molecule has 0 bridgehead atoms. The van der Waals surface area contributed by atoms with E-state index in [9.17, 15) is 17.6 Å². The van der Waals surface area contributed by atoms with Gasteiger partial charge in [0.1, 0.15) is 5.75 Å². The number of nitrogens with zero attached hydrogens (tertiary/aromatic N) is 1. The Balaban J connectivity index is 2.13. The van der Waals surface area contributed by atoms with Crippen LogP contribution in [0, 0.1) is 0 Å². The molecule has 1 N–H and O–H groups in total. The van der Waals surface area contributed by atoms with Crippen LogP contribution in [0.25, 0.3) is 0 Å². The summed E-state index contributed by atoms with van der Waals surface area (Å²) in [5.41, 5.74) is -1.44. The van der Waals surface area contributed by atoms with Crippen molar-refractivity contribution >= 4 is 15.9 Å². The van der Waals surface area contributed by atoms with Crippen LogP contribution in [0.4, 0.5) is 4.39 Å². The molecule has 0 unspecified atom stereocenters. The molecule has 1 aromatic rings. The smallest absolute Gasteiger partial charge is 0.262 e. The average Bonchev–Trinajstić information content (AvgIpc) is 2.62. The number of hydrogen-bond donors (Lipinski definition) is 1. The molecule has 22 heavy (non-hydrogen) atoms. The monoisotopic (exact) mass is 330 g/mol. The molecule has 0 radical (unpaired) electrons. The number of nitrogens with one attached hydrogen (secondary N) is 1. The van der Waals surface area contributed by atoms with Crippen LogP contribution < -0.4 is 9.46 Å². The van der Waals surface area contributed by atoms with E-state index in [-0.39, 0.29) is 13.1 Å². The third-order valence-corrected chi connectivity index (χ3v) is 4.36. The number of amides is 1. The molecular weight excluding hydrogens is 311 g/mol.